The molecule has 0 bridgehead atoms. The standard InChI is InChI=1S/C16H16N4/c1-12-8-9-15(13(2)18-12)20-11-10-17-16(20)19-14-6-4-3-5-7-14/h3-11H,1-2H3,(H,17,19). The molecule has 0 spiro atoms. The predicted molar refractivity (Wildman–Crippen MR) is 80.6 cm³/mol. The van der Waals surface area contributed by atoms with Crippen LogP contribution in [0.3, 0.4) is 0 Å². The third kappa shape index (κ3) is 2.40. The van der Waals surface area contributed by atoms with Gasteiger partial charge in [0.15, 0.2) is 0 Å². The number of para-hydroxylation sites is 1. The summed E-state index contributed by atoms with van der Waals surface area (Å²) in [5.74, 6) is 0.782. The van der Waals surface area contributed by atoms with Crippen molar-refractivity contribution in [1.82, 2.24) is 14.5 Å². The minimum atomic E-state index is 0.782. The SMILES string of the molecule is Cc1ccc(-n2ccnc2Nc2ccccc2)c(C)n1. The molecule has 1 aromatic carbocycles. The topological polar surface area (TPSA) is 42.7 Å². The molecule has 0 aliphatic rings. The second-order valence-electron chi connectivity index (χ2n) is 4.67. The van der Waals surface area contributed by atoms with Crippen LogP contribution in [-0.4, -0.2) is 14.5 Å². The molecule has 0 aliphatic carbocycles. The molecule has 0 fully saturated rings. The molecule has 0 saturated heterocycles. The first-order chi connectivity index (χ1) is 9.74. The third-order valence-corrected chi connectivity index (χ3v) is 3.13. The smallest absolute Gasteiger partial charge is 0.212 e. The van der Waals surface area contributed by atoms with Crippen LogP contribution < -0.4 is 5.32 Å². The molecule has 0 atom stereocenters. The van der Waals surface area contributed by atoms with Crippen molar-refractivity contribution in [1.29, 1.82) is 0 Å². The van der Waals surface area contributed by atoms with Crippen molar-refractivity contribution in [3.05, 3.63) is 66.2 Å². The van der Waals surface area contributed by atoms with E-state index in [1.54, 1.807) is 6.20 Å². The zero-order valence-corrected chi connectivity index (χ0v) is 11.5. The van der Waals surface area contributed by atoms with E-state index in [9.17, 15) is 0 Å². The van der Waals surface area contributed by atoms with E-state index < -0.39 is 0 Å². The van der Waals surface area contributed by atoms with E-state index in [-0.39, 0.29) is 0 Å². The lowest BCUT2D eigenvalue weighted by atomic mass is 10.2. The first-order valence-electron chi connectivity index (χ1n) is 6.54. The van der Waals surface area contributed by atoms with Crippen LogP contribution in [0.15, 0.2) is 54.9 Å². The summed E-state index contributed by atoms with van der Waals surface area (Å²) in [6, 6.07) is 14.1. The van der Waals surface area contributed by atoms with Crippen LogP contribution in [0.1, 0.15) is 11.4 Å². The Morgan fingerprint density at radius 3 is 2.55 bits per heavy atom. The number of hydrogen-bond acceptors (Lipinski definition) is 3. The van der Waals surface area contributed by atoms with Crippen molar-refractivity contribution in [2.75, 3.05) is 5.32 Å². The van der Waals surface area contributed by atoms with Gasteiger partial charge in [0.2, 0.25) is 5.95 Å². The minimum absolute atomic E-state index is 0.782. The van der Waals surface area contributed by atoms with Gasteiger partial charge in [-0.1, -0.05) is 18.2 Å². The highest BCUT2D eigenvalue weighted by molar-refractivity contribution is 5.56. The second kappa shape index (κ2) is 5.17. The zero-order chi connectivity index (χ0) is 13.9. The van der Waals surface area contributed by atoms with Crippen molar-refractivity contribution in [3.8, 4) is 5.69 Å². The van der Waals surface area contributed by atoms with Gasteiger partial charge in [-0.25, -0.2) is 4.98 Å². The molecule has 0 amide bonds. The zero-order valence-electron chi connectivity index (χ0n) is 11.5. The van der Waals surface area contributed by atoms with Crippen LogP contribution in [0, 0.1) is 13.8 Å². The van der Waals surface area contributed by atoms with E-state index in [2.05, 4.69) is 21.4 Å². The molecule has 0 saturated carbocycles. The molecule has 0 unspecified atom stereocenters. The average Bonchev–Trinajstić information content (AvgIpc) is 2.88. The van der Waals surface area contributed by atoms with Gasteiger partial charge >= 0.3 is 0 Å². The lowest BCUT2D eigenvalue weighted by molar-refractivity contribution is 0.998. The number of rotatable bonds is 3. The lowest BCUT2D eigenvalue weighted by Crippen LogP contribution is -2.04. The van der Waals surface area contributed by atoms with Crippen molar-refractivity contribution < 1.29 is 0 Å². The Balaban J connectivity index is 1.98. The van der Waals surface area contributed by atoms with Crippen molar-refractivity contribution in [2.45, 2.75) is 13.8 Å². The summed E-state index contributed by atoms with van der Waals surface area (Å²) in [4.78, 5) is 8.88. The van der Waals surface area contributed by atoms with Gasteiger partial charge in [0.1, 0.15) is 0 Å². The van der Waals surface area contributed by atoms with Crippen LogP contribution in [0.4, 0.5) is 11.6 Å². The highest BCUT2D eigenvalue weighted by Crippen LogP contribution is 2.20. The summed E-state index contributed by atoms with van der Waals surface area (Å²) in [6.07, 6.45) is 3.72. The van der Waals surface area contributed by atoms with Crippen molar-refractivity contribution >= 4 is 11.6 Å². The minimum Gasteiger partial charge on any atom is -0.325 e. The molecule has 0 aliphatic heterocycles. The first-order valence-corrected chi connectivity index (χ1v) is 6.54. The number of nitrogens with zero attached hydrogens (tertiary/aromatic N) is 3. The van der Waals surface area contributed by atoms with E-state index in [0.29, 0.717) is 0 Å². The van der Waals surface area contributed by atoms with Gasteiger partial charge < -0.3 is 5.32 Å². The van der Waals surface area contributed by atoms with Gasteiger partial charge in [-0.2, -0.15) is 0 Å². The summed E-state index contributed by atoms with van der Waals surface area (Å²) in [7, 11) is 0. The molecule has 1 N–H and O–H groups in total. The highest BCUT2D eigenvalue weighted by Gasteiger charge is 2.08. The Kier molecular flexibility index (Phi) is 3.21. The number of benzene rings is 1. The van der Waals surface area contributed by atoms with Gasteiger partial charge in [0.25, 0.3) is 0 Å². The number of imidazole rings is 1. The van der Waals surface area contributed by atoms with Gasteiger partial charge in [-0.05, 0) is 38.1 Å². The largest absolute Gasteiger partial charge is 0.325 e. The Bertz CT molecular complexity index is 716. The maximum atomic E-state index is 4.50. The summed E-state index contributed by atoms with van der Waals surface area (Å²) < 4.78 is 2.01. The molecule has 4 nitrogen and oxygen atoms in total. The number of pyridine rings is 1. The fraction of sp³-hybridized carbons (Fsp3) is 0.125. The Morgan fingerprint density at radius 1 is 1.00 bits per heavy atom. The van der Waals surface area contributed by atoms with Crippen LogP contribution in [0.25, 0.3) is 5.69 Å². The molecular formula is C16H16N4. The van der Waals surface area contributed by atoms with E-state index in [0.717, 1.165) is 28.7 Å². The molecular weight excluding hydrogens is 248 g/mol. The van der Waals surface area contributed by atoms with Gasteiger partial charge in [-0.15, -0.1) is 0 Å². The monoisotopic (exact) mass is 264 g/mol. The number of nitrogens with one attached hydrogen (secondary N) is 1. The number of hydrogen-bond donors (Lipinski definition) is 1. The predicted octanol–water partition coefficient (Wildman–Crippen LogP) is 3.63. The maximum absolute atomic E-state index is 4.50. The number of anilines is 2. The molecule has 4 heteroatoms. The quantitative estimate of drug-likeness (QED) is 0.785. The maximum Gasteiger partial charge on any atom is 0.212 e. The fourth-order valence-electron chi connectivity index (χ4n) is 2.17. The molecule has 3 aromatic rings. The van der Waals surface area contributed by atoms with Crippen LogP contribution in [0.2, 0.25) is 0 Å². The van der Waals surface area contributed by atoms with Crippen LogP contribution >= 0.6 is 0 Å². The van der Waals surface area contributed by atoms with E-state index >= 15 is 0 Å². The van der Waals surface area contributed by atoms with Gasteiger partial charge in [0.05, 0.1) is 11.4 Å². The summed E-state index contributed by atoms with van der Waals surface area (Å²) >= 11 is 0. The van der Waals surface area contributed by atoms with E-state index in [1.807, 2.05) is 61.0 Å². The van der Waals surface area contributed by atoms with Crippen molar-refractivity contribution in [2.24, 2.45) is 0 Å². The normalized spacial score (nSPS) is 10.5. The molecule has 2 heterocycles. The van der Waals surface area contributed by atoms with E-state index in [1.165, 1.54) is 0 Å². The molecule has 2 aromatic heterocycles. The molecule has 20 heavy (non-hydrogen) atoms. The molecule has 0 radical (unpaired) electrons. The molecule has 100 valence electrons. The summed E-state index contributed by atoms with van der Waals surface area (Å²) in [5, 5.41) is 3.32. The summed E-state index contributed by atoms with van der Waals surface area (Å²) in [5.41, 5.74) is 4.05. The van der Waals surface area contributed by atoms with Crippen LogP contribution in [0.5, 0.6) is 0 Å². The third-order valence-electron chi connectivity index (χ3n) is 3.13. The Morgan fingerprint density at radius 2 is 1.80 bits per heavy atom. The second-order valence-corrected chi connectivity index (χ2v) is 4.67. The average molecular weight is 264 g/mol. The summed E-state index contributed by atoms with van der Waals surface area (Å²) in [6.45, 7) is 4.00. The first kappa shape index (κ1) is 12.4. The Hall–Kier alpha value is -2.62. The van der Waals surface area contributed by atoms with E-state index in [4.69, 9.17) is 0 Å². The molecule has 3 rings (SSSR count). The van der Waals surface area contributed by atoms with Crippen LogP contribution in [-0.2, 0) is 0 Å². The number of aryl methyl sites for hydroxylation is 2. The van der Waals surface area contributed by atoms with Gasteiger partial charge in [-0.3, -0.25) is 9.55 Å². The lowest BCUT2D eigenvalue weighted by Gasteiger charge is -2.12. The number of aromatic nitrogens is 3. The van der Waals surface area contributed by atoms with Crippen molar-refractivity contribution in [3.63, 3.8) is 0 Å². The fourth-order valence-corrected chi connectivity index (χ4v) is 2.17. The highest BCUT2D eigenvalue weighted by atomic mass is 15.2. The Labute approximate surface area is 118 Å². The van der Waals surface area contributed by atoms with Gasteiger partial charge in [0, 0.05) is 23.8 Å².